The molecule has 0 aliphatic carbocycles. The summed E-state index contributed by atoms with van der Waals surface area (Å²) in [5.41, 5.74) is 7.52. The number of anilines is 1. The first-order valence-corrected chi connectivity index (χ1v) is 11.1. The third-order valence-electron chi connectivity index (χ3n) is 5.23. The van der Waals surface area contributed by atoms with E-state index in [4.69, 9.17) is 5.73 Å². The van der Waals surface area contributed by atoms with Crippen molar-refractivity contribution in [2.24, 2.45) is 11.7 Å². The number of nitrogens with two attached hydrogens (primary N) is 1. The fourth-order valence-corrected chi connectivity index (χ4v) is 4.88. The number of benzene rings is 3. The highest BCUT2D eigenvalue weighted by Crippen LogP contribution is 2.32. The number of sulfone groups is 1. The molecule has 0 amide bonds. The van der Waals surface area contributed by atoms with Crippen LogP contribution in [-0.2, 0) is 9.84 Å². The van der Waals surface area contributed by atoms with Crippen molar-refractivity contribution in [2.45, 2.75) is 29.8 Å². The maximum atomic E-state index is 13.5. The van der Waals surface area contributed by atoms with Crippen molar-refractivity contribution in [1.82, 2.24) is 10.2 Å². The molecule has 0 unspecified atom stereocenters. The van der Waals surface area contributed by atoms with E-state index < -0.39 is 9.84 Å². The molecular formula is C22H26Cl2N4O2S. The second-order valence-corrected chi connectivity index (χ2v) is 9.41. The predicted molar refractivity (Wildman–Crippen MR) is 131 cm³/mol. The van der Waals surface area contributed by atoms with Gasteiger partial charge in [0, 0.05) is 29.0 Å². The van der Waals surface area contributed by atoms with E-state index in [0.29, 0.717) is 28.8 Å². The lowest BCUT2D eigenvalue weighted by atomic mass is 10.1. The second kappa shape index (κ2) is 9.87. The van der Waals surface area contributed by atoms with Crippen LogP contribution in [0, 0.1) is 5.92 Å². The molecular weight excluding hydrogens is 455 g/mol. The summed E-state index contributed by atoms with van der Waals surface area (Å²) in [7, 11) is -3.78. The van der Waals surface area contributed by atoms with Crippen LogP contribution in [0.15, 0.2) is 70.6 Å². The van der Waals surface area contributed by atoms with Crippen LogP contribution >= 0.6 is 24.8 Å². The number of rotatable bonds is 6. The average Bonchev–Trinajstić information content (AvgIpc) is 3.15. The van der Waals surface area contributed by atoms with Gasteiger partial charge in [-0.3, -0.25) is 5.10 Å². The van der Waals surface area contributed by atoms with Gasteiger partial charge in [-0.25, -0.2) is 8.42 Å². The van der Waals surface area contributed by atoms with Gasteiger partial charge < -0.3 is 11.1 Å². The van der Waals surface area contributed by atoms with E-state index in [0.717, 1.165) is 11.1 Å². The molecule has 166 valence electrons. The van der Waals surface area contributed by atoms with Crippen molar-refractivity contribution in [3.8, 4) is 0 Å². The van der Waals surface area contributed by atoms with Crippen LogP contribution in [-0.4, -0.2) is 31.2 Å². The zero-order valence-corrected chi connectivity index (χ0v) is 19.7. The Hall–Kier alpha value is -2.32. The highest BCUT2D eigenvalue weighted by Gasteiger charge is 2.25. The monoisotopic (exact) mass is 480 g/mol. The number of hydrogen-bond donors (Lipinski definition) is 3. The summed E-state index contributed by atoms with van der Waals surface area (Å²) in [6.45, 7) is 4.74. The molecule has 1 aromatic heterocycles. The van der Waals surface area contributed by atoms with Crippen molar-refractivity contribution in [2.75, 3.05) is 11.9 Å². The summed E-state index contributed by atoms with van der Waals surface area (Å²) >= 11 is 0. The topological polar surface area (TPSA) is 101 Å². The number of nitrogens with one attached hydrogen (secondary N) is 2. The molecule has 0 saturated carbocycles. The Morgan fingerprint density at radius 2 is 1.71 bits per heavy atom. The summed E-state index contributed by atoms with van der Waals surface area (Å²) in [5, 5.41) is 12.5. The molecule has 9 heteroatoms. The minimum absolute atomic E-state index is 0. The molecule has 4 N–H and O–H groups in total. The van der Waals surface area contributed by atoms with Gasteiger partial charge in [-0.15, -0.1) is 24.8 Å². The van der Waals surface area contributed by atoms with Gasteiger partial charge in [-0.1, -0.05) is 50.2 Å². The molecule has 6 nitrogen and oxygen atoms in total. The van der Waals surface area contributed by atoms with Crippen LogP contribution in [0.1, 0.15) is 13.8 Å². The third kappa shape index (κ3) is 4.80. The molecule has 4 rings (SSSR count). The summed E-state index contributed by atoms with van der Waals surface area (Å²) in [6.07, 6.45) is 0. The van der Waals surface area contributed by atoms with E-state index in [-0.39, 0.29) is 40.8 Å². The summed E-state index contributed by atoms with van der Waals surface area (Å²) in [6, 6.07) is 18.2. The van der Waals surface area contributed by atoms with E-state index in [2.05, 4.69) is 29.4 Å². The lowest BCUT2D eigenvalue weighted by Gasteiger charge is -2.17. The van der Waals surface area contributed by atoms with E-state index in [1.165, 1.54) is 0 Å². The quantitative estimate of drug-likeness (QED) is 0.368. The molecule has 0 spiro atoms. The predicted octanol–water partition coefficient (Wildman–Crippen LogP) is 4.79. The Kier molecular flexibility index (Phi) is 7.94. The average molecular weight is 481 g/mol. The molecule has 0 bridgehead atoms. The number of hydrogen-bond acceptors (Lipinski definition) is 5. The molecule has 0 fully saturated rings. The lowest BCUT2D eigenvalue weighted by Crippen LogP contribution is -2.33. The van der Waals surface area contributed by atoms with Crippen molar-refractivity contribution in [1.29, 1.82) is 0 Å². The Morgan fingerprint density at radius 3 is 2.45 bits per heavy atom. The van der Waals surface area contributed by atoms with Crippen molar-refractivity contribution in [3.63, 3.8) is 0 Å². The van der Waals surface area contributed by atoms with Crippen LogP contribution < -0.4 is 11.1 Å². The fourth-order valence-electron chi connectivity index (χ4n) is 3.31. The first kappa shape index (κ1) is 24.9. The molecule has 0 radical (unpaired) electrons. The van der Waals surface area contributed by atoms with Gasteiger partial charge in [-0.05, 0) is 35.6 Å². The highest BCUT2D eigenvalue weighted by atomic mass is 35.5. The van der Waals surface area contributed by atoms with Crippen molar-refractivity contribution < 1.29 is 8.42 Å². The maximum absolute atomic E-state index is 13.5. The largest absolute Gasteiger partial charge is 0.383 e. The smallest absolute Gasteiger partial charge is 0.224 e. The molecule has 1 heterocycles. The van der Waals surface area contributed by atoms with Crippen molar-refractivity contribution >= 4 is 62.0 Å². The number of nitrogens with zero attached hydrogens (tertiary/aromatic N) is 1. The second-order valence-electron chi connectivity index (χ2n) is 7.55. The molecule has 0 aliphatic rings. The maximum Gasteiger partial charge on any atom is 0.224 e. The van der Waals surface area contributed by atoms with Gasteiger partial charge in [0.2, 0.25) is 9.84 Å². The minimum Gasteiger partial charge on any atom is -0.383 e. The Labute approximate surface area is 194 Å². The number of H-pyrrole nitrogens is 1. The summed E-state index contributed by atoms with van der Waals surface area (Å²) in [5.74, 6) is 0.349. The highest BCUT2D eigenvalue weighted by molar-refractivity contribution is 7.91. The van der Waals surface area contributed by atoms with Crippen LogP contribution in [0.4, 0.5) is 5.69 Å². The Morgan fingerprint density at radius 1 is 1.00 bits per heavy atom. The van der Waals surface area contributed by atoms with Crippen molar-refractivity contribution in [3.05, 3.63) is 60.7 Å². The van der Waals surface area contributed by atoms with Gasteiger partial charge in [0.25, 0.3) is 0 Å². The van der Waals surface area contributed by atoms with E-state index in [9.17, 15) is 8.42 Å². The summed E-state index contributed by atoms with van der Waals surface area (Å²) in [4.78, 5) is 0.265. The standard InChI is InChI=1S/C22H24N4O2S.2ClH/c1-14(2)19(23)13-24-16-10-11-20-18(12-16)22(26-25-20)29(27,28)21-9-5-7-15-6-3-4-8-17(15)21;;/h3-12,14,19,24H,13,23H2,1-2H3,(H,25,26);2*1H/t19-;;/m1../s1. The van der Waals surface area contributed by atoms with Crippen LogP contribution in [0.3, 0.4) is 0 Å². The van der Waals surface area contributed by atoms with Crippen LogP contribution in [0.5, 0.6) is 0 Å². The molecule has 31 heavy (non-hydrogen) atoms. The number of fused-ring (bicyclic) bond motifs is 2. The van der Waals surface area contributed by atoms with Gasteiger partial charge in [0.05, 0.1) is 10.4 Å². The third-order valence-corrected chi connectivity index (χ3v) is 7.01. The molecule has 4 aromatic rings. The van der Waals surface area contributed by atoms with E-state index >= 15 is 0 Å². The number of aromatic nitrogens is 2. The van der Waals surface area contributed by atoms with Gasteiger partial charge in [0.1, 0.15) is 0 Å². The first-order valence-electron chi connectivity index (χ1n) is 9.58. The Balaban J connectivity index is 0.00000171. The van der Waals surface area contributed by atoms with Crippen LogP contribution in [0.25, 0.3) is 21.7 Å². The number of aromatic amines is 1. The SMILES string of the molecule is CC(C)[C@H](N)CNc1ccc2n[nH]c(S(=O)(=O)c3cccc4ccccc34)c2c1.Cl.Cl. The lowest BCUT2D eigenvalue weighted by molar-refractivity contribution is 0.511. The summed E-state index contributed by atoms with van der Waals surface area (Å²) < 4.78 is 27.0. The molecule has 1 atom stereocenters. The zero-order valence-electron chi connectivity index (χ0n) is 17.2. The van der Waals surface area contributed by atoms with Crippen LogP contribution in [0.2, 0.25) is 0 Å². The van der Waals surface area contributed by atoms with E-state index in [1.807, 2.05) is 42.5 Å². The Bertz CT molecular complexity index is 1280. The van der Waals surface area contributed by atoms with E-state index in [1.54, 1.807) is 18.2 Å². The number of halogens is 2. The zero-order chi connectivity index (χ0) is 20.6. The molecule has 3 aromatic carbocycles. The van der Waals surface area contributed by atoms with Gasteiger partial charge in [0.15, 0.2) is 5.03 Å². The minimum atomic E-state index is -3.78. The first-order chi connectivity index (χ1) is 13.9. The fraction of sp³-hybridized carbons (Fsp3) is 0.227. The van der Waals surface area contributed by atoms with Gasteiger partial charge in [-0.2, -0.15) is 5.10 Å². The normalized spacial score (nSPS) is 12.4. The van der Waals surface area contributed by atoms with Gasteiger partial charge >= 0.3 is 0 Å². The molecule has 0 saturated heterocycles. The molecule has 0 aliphatic heterocycles.